The van der Waals surface area contributed by atoms with Crippen LogP contribution in [0.1, 0.15) is 58.2 Å². The van der Waals surface area contributed by atoms with Crippen LogP contribution in [-0.2, 0) is 20.9 Å². The van der Waals surface area contributed by atoms with Crippen LogP contribution in [0.2, 0.25) is 0 Å². The molecule has 0 radical (unpaired) electrons. The summed E-state index contributed by atoms with van der Waals surface area (Å²) in [4.78, 5) is 50.2. The maximum absolute atomic E-state index is 12.7. The maximum Gasteiger partial charge on any atom is 0.329 e. The quantitative estimate of drug-likeness (QED) is 0.457. The first-order valence-corrected chi connectivity index (χ1v) is 10.9. The molecule has 0 fully saturated rings. The van der Waals surface area contributed by atoms with Crippen molar-refractivity contribution in [2.75, 3.05) is 0 Å². The summed E-state index contributed by atoms with van der Waals surface area (Å²) in [6, 6.07) is 9.57. The van der Waals surface area contributed by atoms with Gasteiger partial charge in [0.25, 0.3) is 5.91 Å². The Morgan fingerprint density at radius 1 is 1.06 bits per heavy atom. The highest BCUT2D eigenvalue weighted by atomic mass is 32.1. The van der Waals surface area contributed by atoms with Crippen LogP contribution in [0.25, 0.3) is 0 Å². The van der Waals surface area contributed by atoms with E-state index in [-0.39, 0.29) is 23.5 Å². The summed E-state index contributed by atoms with van der Waals surface area (Å²) >= 11 is 1.24. The van der Waals surface area contributed by atoms with Gasteiger partial charge in [-0.15, -0.1) is 11.3 Å². The molecule has 7 nitrogen and oxygen atoms in total. The SMILES string of the molecule is CC(=O)NCc1ccc(C(=O)C(C)OC(=O)[C@@H](NC(=O)c2cccc(C)c2)C(C)C)s1. The Kier molecular flexibility index (Phi) is 8.50. The molecule has 2 rings (SSSR count). The maximum atomic E-state index is 12.7. The fraction of sp³-hybridized carbons (Fsp3) is 0.391. The monoisotopic (exact) mass is 444 g/mol. The number of hydrogen-bond acceptors (Lipinski definition) is 6. The number of ketones is 1. The third kappa shape index (κ3) is 7.03. The van der Waals surface area contributed by atoms with Crippen LogP contribution >= 0.6 is 11.3 Å². The lowest BCUT2D eigenvalue weighted by molar-refractivity contribution is -0.149. The fourth-order valence-corrected chi connectivity index (χ4v) is 3.79. The minimum absolute atomic E-state index is 0.156. The Labute approximate surface area is 186 Å². The molecule has 166 valence electrons. The van der Waals surface area contributed by atoms with Gasteiger partial charge in [0.1, 0.15) is 6.04 Å². The number of nitrogens with one attached hydrogen (secondary N) is 2. The Bertz CT molecular complexity index is 966. The Morgan fingerprint density at radius 2 is 1.77 bits per heavy atom. The van der Waals surface area contributed by atoms with Crippen LogP contribution in [0.3, 0.4) is 0 Å². The Hall–Kier alpha value is -3.00. The molecule has 2 aromatic rings. The Balaban J connectivity index is 2.02. The molecule has 0 aliphatic rings. The average molecular weight is 445 g/mol. The third-order valence-electron chi connectivity index (χ3n) is 4.57. The molecular formula is C23H28N2O5S. The minimum atomic E-state index is -1.00. The highest BCUT2D eigenvalue weighted by Crippen LogP contribution is 2.20. The van der Waals surface area contributed by atoms with Crippen molar-refractivity contribution < 1.29 is 23.9 Å². The van der Waals surface area contributed by atoms with Gasteiger partial charge in [-0.3, -0.25) is 14.4 Å². The number of esters is 1. The van der Waals surface area contributed by atoms with Crippen LogP contribution in [0.4, 0.5) is 0 Å². The lowest BCUT2D eigenvalue weighted by Gasteiger charge is -2.22. The summed E-state index contributed by atoms with van der Waals surface area (Å²) in [5.74, 6) is -1.75. The first kappa shape index (κ1) is 24.3. The number of hydrogen-bond donors (Lipinski definition) is 2. The van der Waals surface area contributed by atoms with Crippen molar-refractivity contribution in [2.45, 2.75) is 53.3 Å². The second-order valence-corrected chi connectivity index (χ2v) is 8.85. The van der Waals surface area contributed by atoms with E-state index in [2.05, 4.69) is 10.6 Å². The fourth-order valence-electron chi connectivity index (χ4n) is 2.83. The molecular weight excluding hydrogens is 416 g/mol. The molecule has 0 saturated carbocycles. The summed E-state index contributed by atoms with van der Waals surface area (Å²) < 4.78 is 5.39. The lowest BCUT2D eigenvalue weighted by Crippen LogP contribution is -2.46. The molecule has 0 bridgehead atoms. The number of carbonyl (C=O) groups excluding carboxylic acids is 4. The summed E-state index contributed by atoms with van der Waals surface area (Å²) in [5, 5.41) is 5.39. The van der Waals surface area contributed by atoms with E-state index >= 15 is 0 Å². The molecule has 0 spiro atoms. The molecule has 1 aromatic carbocycles. The van der Waals surface area contributed by atoms with E-state index in [1.807, 2.05) is 13.0 Å². The number of carbonyl (C=O) groups is 4. The van der Waals surface area contributed by atoms with Gasteiger partial charge < -0.3 is 15.4 Å². The van der Waals surface area contributed by atoms with Crippen molar-refractivity contribution in [3.05, 3.63) is 57.3 Å². The first-order valence-electron chi connectivity index (χ1n) is 10.0. The van der Waals surface area contributed by atoms with Gasteiger partial charge in [0.2, 0.25) is 11.7 Å². The highest BCUT2D eigenvalue weighted by molar-refractivity contribution is 7.14. The van der Waals surface area contributed by atoms with Crippen LogP contribution in [-0.4, -0.2) is 35.7 Å². The molecule has 8 heteroatoms. The normalized spacial score (nSPS) is 12.7. The zero-order valence-corrected chi connectivity index (χ0v) is 19.2. The highest BCUT2D eigenvalue weighted by Gasteiger charge is 2.30. The zero-order valence-electron chi connectivity index (χ0n) is 18.4. The number of rotatable bonds is 9. The average Bonchev–Trinajstić information content (AvgIpc) is 3.18. The van der Waals surface area contributed by atoms with Gasteiger partial charge in [0.05, 0.1) is 11.4 Å². The molecule has 1 aromatic heterocycles. The van der Waals surface area contributed by atoms with E-state index < -0.39 is 18.1 Å². The molecule has 2 N–H and O–H groups in total. The van der Waals surface area contributed by atoms with E-state index in [1.165, 1.54) is 25.2 Å². The van der Waals surface area contributed by atoms with Crippen LogP contribution in [0, 0.1) is 12.8 Å². The first-order chi connectivity index (χ1) is 14.6. The number of thiophene rings is 1. The third-order valence-corrected chi connectivity index (χ3v) is 5.67. The number of benzene rings is 1. The number of aryl methyl sites for hydroxylation is 1. The van der Waals surface area contributed by atoms with Gasteiger partial charge in [-0.05, 0) is 44.0 Å². The molecule has 1 unspecified atom stereocenters. The second kappa shape index (κ2) is 10.9. The van der Waals surface area contributed by atoms with Crippen molar-refractivity contribution in [3.8, 4) is 0 Å². The van der Waals surface area contributed by atoms with E-state index in [0.29, 0.717) is 17.0 Å². The van der Waals surface area contributed by atoms with E-state index in [1.54, 1.807) is 44.2 Å². The molecule has 0 saturated heterocycles. The number of amides is 2. The van der Waals surface area contributed by atoms with E-state index in [0.717, 1.165) is 10.4 Å². The predicted molar refractivity (Wildman–Crippen MR) is 119 cm³/mol. The molecule has 2 amide bonds. The summed E-state index contributed by atoms with van der Waals surface area (Å²) in [5.41, 5.74) is 1.39. The van der Waals surface area contributed by atoms with Crippen LogP contribution in [0.5, 0.6) is 0 Å². The predicted octanol–water partition coefficient (Wildman–Crippen LogP) is 3.26. The van der Waals surface area contributed by atoms with Gasteiger partial charge >= 0.3 is 5.97 Å². The van der Waals surface area contributed by atoms with E-state index in [4.69, 9.17) is 4.74 Å². The van der Waals surface area contributed by atoms with Gasteiger partial charge in [-0.1, -0.05) is 31.5 Å². The van der Waals surface area contributed by atoms with E-state index in [9.17, 15) is 19.2 Å². The standard InChI is InChI=1S/C23H28N2O5S/c1-13(2)20(25-22(28)17-8-6-7-14(3)11-17)23(29)30-15(4)21(27)19-10-9-18(31-19)12-24-16(5)26/h6-11,13,15,20H,12H2,1-5H3,(H,24,26)(H,25,28)/t15?,20-/m0/s1. The van der Waals surface area contributed by atoms with Gasteiger partial charge in [0.15, 0.2) is 6.10 Å². The largest absolute Gasteiger partial charge is 0.453 e. The molecule has 31 heavy (non-hydrogen) atoms. The topological polar surface area (TPSA) is 102 Å². The summed E-state index contributed by atoms with van der Waals surface area (Å²) in [6.07, 6.45) is -1.00. The molecule has 2 atom stereocenters. The van der Waals surface area contributed by atoms with Crippen LogP contribution in [0.15, 0.2) is 36.4 Å². The zero-order chi connectivity index (χ0) is 23.1. The Morgan fingerprint density at radius 3 is 2.39 bits per heavy atom. The van der Waals surface area contributed by atoms with Gasteiger partial charge in [-0.2, -0.15) is 0 Å². The van der Waals surface area contributed by atoms with Gasteiger partial charge in [-0.25, -0.2) is 4.79 Å². The number of ether oxygens (including phenoxy) is 1. The number of Topliss-reactive ketones (excluding diaryl/α,β-unsaturated/α-hetero) is 1. The van der Waals surface area contributed by atoms with Crippen molar-refractivity contribution in [2.24, 2.45) is 5.92 Å². The summed E-state index contributed by atoms with van der Waals surface area (Å²) in [6.45, 7) is 8.73. The van der Waals surface area contributed by atoms with Gasteiger partial charge in [0, 0.05) is 17.4 Å². The molecule has 1 heterocycles. The molecule has 0 aliphatic heterocycles. The van der Waals surface area contributed by atoms with Crippen molar-refractivity contribution >= 4 is 34.9 Å². The second-order valence-electron chi connectivity index (χ2n) is 7.68. The minimum Gasteiger partial charge on any atom is -0.453 e. The van der Waals surface area contributed by atoms with Crippen molar-refractivity contribution in [1.82, 2.24) is 10.6 Å². The van der Waals surface area contributed by atoms with Crippen LogP contribution < -0.4 is 10.6 Å². The molecule has 0 aliphatic carbocycles. The van der Waals surface area contributed by atoms with Crippen molar-refractivity contribution in [1.29, 1.82) is 0 Å². The smallest absolute Gasteiger partial charge is 0.329 e. The lowest BCUT2D eigenvalue weighted by atomic mass is 10.0. The summed E-state index contributed by atoms with van der Waals surface area (Å²) in [7, 11) is 0. The van der Waals surface area contributed by atoms with Crippen molar-refractivity contribution in [3.63, 3.8) is 0 Å².